The first kappa shape index (κ1) is 27.9. The zero-order valence-electron chi connectivity index (χ0n) is 23.2. The lowest BCUT2D eigenvalue weighted by atomic mass is 9.79. The van der Waals surface area contributed by atoms with Crippen LogP contribution in [-0.2, 0) is 14.4 Å². The molecule has 5 atom stereocenters. The lowest BCUT2D eigenvalue weighted by Gasteiger charge is -2.40. The van der Waals surface area contributed by atoms with Gasteiger partial charge in [-0.15, -0.1) is 0 Å². The molecular weight excluding hydrogens is 518 g/mol. The number of carbonyl (C=O) groups excluding carboxylic acids is 3. The maximum absolute atomic E-state index is 14.0. The quantitative estimate of drug-likeness (QED) is 0.566. The van der Waals surface area contributed by atoms with E-state index in [-0.39, 0.29) is 17.3 Å². The fraction of sp³-hybridized carbons (Fsp3) is 0.586. The van der Waals surface area contributed by atoms with Crippen molar-refractivity contribution in [2.24, 2.45) is 28.6 Å². The van der Waals surface area contributed by atoms with Gasteiger partial charge in [-0.3, -0.25) is 14.4 Å². The Balaban J connectivity index is 1.39. The first-order valence-corrected chi connectivity index (χ1v) is 13.5. The van der Waals surface area contributed by atoms with Crippen LogP contribution in [0.15, 0.2) is 30.5 Å². The van der Waals surface area contributed by atoms with Crippen LogP contribution < -0.4 is 10.6 Å². The van der Waals surface area contributed by atoms with Crippen molar-refractivity contribution in [3.63, 3.8) is 0 Å². The molecule has 3 fully saturated rings. The molecule has 3 aliphatic rings. The van der Waals surface area contributed by atoms with E-state index >= 15 is 0 Å². The third kappa shape index (κ3) is 4.78. The van der Waals surface area contributed by atoms with Crippen molar-refractivity contribution >= 4 is 28.6 Å². The molecule has 11 heteroatoms. The van der Waals surface area contributed by atoms with Crippen LogP contribution in [0.2, 0.25) is 0 Å². The summed E-state index contributed by atoms with van der Waals surface area (Å²) >= 11 is 0. The van der Waals surface area contributed by atoms with Gasteiger partial charge in [0.2, 0.25) is 23.6 Å². The van der Waals surface area contributed by atoms with E-state index in [1.807, 2.05) is 19.9 Å². The molecule has 0 bridgehead atoms. The average molecular weight is 553 g/mol. The Hall–Kier alpha value is -3.68. The molecule has 40 heavy (non-hydrogen) atoms. The van der Waals surface area contributed by atoms with Gasteiger partial charge >= 0.3 is 0 Å². The molecule has 2 heterocycles. The van der Waals surface area contributed by atoms with E-state index in [1.165, 1.54) is 11.1 Å². The molecule has 1 aliphatic heterocycles. The molecule has 2 saturated carbocycles. The fourth-order valence-electron chi connectivity index (χ4n) is 6.40. The summed E-state index contributed by atoms with van der Waals surface area (Å²) in [6.45, 7) is 9.78. The van der Waals surface area contributed by atoms with Gasteiger partial charge in [0.25, 0.3) is 0 Å². The van der Waals surface area contributed by atoms with Crippen molar-refractivity contribution < 1.29 is 23.2 Å². The van der Waals surface area contributed by atoms with Crippen LogP contribution in [0, 0.1) is 39.9 Å². The number of aromatic nitrogens is 2. The monoisotopic (exact) mass is 552 g/mol. The van der Waals surface area contributed by atoms with Crippen molar-refractivity contribution in [2.75, 3.05) is 6.54 Å². The van der Waals surface area contributed by atoms with E-state index in [1.54, 1.807) is 39.0 Å². The maximum Gasteiger partial charge on any atom is 0.249 e. The highest BCUT2D eigenvalue weighted by atomic mass is 19.3. The molecule has 1 aromatic heterocycles. The normalized spacial score (nSPS) is 26.1. The number of halogens is 2. The number of alkyl halides is 2. The molecular formula is C29H34F2N6O3. The van der Waals surface area contributed by atoms with Crippen LogP contribution in [0.1, 0.15) is 59.1 Å². The number of hydrogen-bond acceptors (Lipinski definition) is 6. The van der Waals surface area contributed by atoms with Crippen LogP contribution in [0.5, 0.6) is 0 Å². The summed E-state index contributed by atoms with van der Waals surface area (Å²) in [7, 11) is 0. The Morgan fingerprint density at radius 3 is 2.42 bits per heavy atom. The SMILES string of the molecule is CC(C)(C)[C@H](NC(=O)C1CC(F)(F)C1)C(=O)N1C[C@H]2[C@@H]([C@H]1C(=O)NC(C#N)c1cnnc3ccccc13)C2(C)C. The Morgan fingerprint density at radius 2 is 1.80 bits per heavy atom. The van der Waals surface area contributed by atoms with Gasteiger partial charge in [0.15, 0.2) is 0 Å². The highest BCUT2D eigenvalue weighted by Gasteiger charge is 2.70. The van der Waals surface area contributed by atoms with Gasteiger partial charge in [0.1, 0.15) is 18.1 Å². The maximum atomic E-state index is 14.0. The number of fused-ring (bicyclic) bond motifs is 2. The number of nitriles is 1. The molecule has 1 saturated heterocycles. The summed E-state index contributed by atoms with van der Waals surface area (Å²) in [5, 5.41) is 24.3. The molecule has 5 rings (SSSR count). The van der Waals surface area contributed by atoms with E-state index in [2.05, 4.69) is 26.9 Å². The number of amides is 3. The number of piperidine rings is 1. The van der Waals surface area contributed by atoms with Crippen LogP contribution in [0.3, 0.4) is 0 Å². The number of rotatable bonds is 6. The van der Waals surface area contributed by atoms with E-state index in [0.29, 0.717) is 23.0 Å². The number of likely N-dealkylation sites (tertiary alicyclic amines) is 1. The second-order valence-electron chi connectivity index (χ2n) is 13.0. The van der Waals surface area contributed by atoms with Gasteiger partial charge in [0.05, 0.1) is 17.8 Å². The summed E-state index contributed by atoms with van der Waals surface area (Å²) in [5.41, 5.74) is 0.174. The predicted octanol–water partition coefficient (Wildman–Crippen LogP) is 3.37. The molecule has 2 N–H and O–H groups in total. The predicted molar refractivity (Wildman–Crippen MR) is 141 cm³/mol. The van der Waals surface area contributed by atoms with Gasteiger partial charge in [-0.1, -0.05) is 52.8 Å². The van der Waals surface area contributed by atoms with E-state index in [0.717, 1.165) is 0 Å². The number of benzene rings is 1. The van der Waals surface area contributed by atoms with Gasteiger partial charge in [-0.2, -0.15) is 15.5 Å². The van der Waals surface area contributed by atoms with Crippen LogP contribution in [-0.4, -0.2) is 57.4 Å². The molecule has 3 amide bonds. The summed E-state index contributed by atoms with van der Waals surface area (Å²) < 4.78 is 26.8. The van der Waals surface area contributed by atoms with Crippen molar-refractivity contribution in [1.29, 1.82) is 5.26 Å². The minimum absolute atomic E-state index is 0.0813. The second-order valence-corrected chi connectivity index (χ2v) is 13.0. The molecule has 2 aliphatic carbocycles. The topological polar surface area (TPSA) is 128 Å². The van der Waals surface area contributed by atoms with Gasteiger partial charge < -0.3 is 15.5 Å². The second kappa shape index (κ2) is 9.46. The summed E-state index contributed by atoms with van der Waals surface area (Å²) in [4.78, 5) is 42.1. The molecule has 9 nitrogen and oxygen atoms in total. The molecule has 212 valence electrons. The molecule has 2 aromatic rings. The third-order valence-corrected chi connectivity index (χ3v) is 8.92. The molecule has 0 spiro atoms. The first-order valence-electron chi connectivity index (χ1n) is 13.5. The zero-order valence-corrected chi connectivity index (χ0v) is 23.2. The Morgan fingerprint density at radius 1 is 1.12 bits per heavy atom. The summed E-state index contributed by atoms with van der Waals surface area (Å²) in [6.07, 6.45) is 0.378. The van der Waals surface area contributed by atoms with Gasteiger partial charge in [-0.05, 0) is 28.7 Å². The van der Waals surface area contributed by atoms with Crippen molar-refractivity contribution in [1.82, 2.24) is 25.7 Å². The minimum atomic E-state index is -2.86. The summed E-state index contributed by atoms with van der Waals surface area (Å²) in [5.74, 6) is -5.22. The Kier molecular flexibility index (Phi) is 6.59. The van der Waals surface area contributed by atoms with Crippen LogP contribution in [0.25, 0.3) is 10.9 Å². The van der Waals surface area contributed by atoms with Crippen molar-refractivity contribution in [3.05, 3.63) is 36.0 Å². The largest absolute Gasteiger partial charge is 0.344 e. The highest BCUT2D eigenvalue weighted by Crippen LogP contribution is 2.65. The number of nitrogens with one attached hydrogen (secondary N) is 2. The van der Waals surface area contributed by atoms with Gasteiger partial charge in [-0.25, -0.2) is 8.78 Å². The van der Waals surface area contributed by atoms with Crippen LogP contribution in [0.4, 0.5) is 8.78 Å². The molecule has 1 unspecified atom stereocenters. The Bertz CT molecular complexity index is 1400. The van der Waals surface area contributed by atoms with E-state index < -0.39 is 65.9 Å². The van der Waals surface area contributed by atoms with Crippen molar-refractivity contribution in [3.8, 4) is 6.07 Å². The third-order valence-electron chi connectivity index (χ3n) is 8.92. The molecule has 1 aromatic carbocycles. The van der Waals surface area contributed by atoms with Crippen molar-refractivity contribution in [2.45, 2.75) is 71.5 Å². The first-order chi connectivity index (χ1) is 18.7. The lowest BCUT2D eigenvalue weighted by molar-refractivity contribution is -0.155. The minimum Gasteiger partial charge on any atom is -0.344 e. The number of nitrogens with zero attached hydrogens (tertiary/aromatic N) is 4. The van der Waals surface area contributed by atoms with E-state index in [9.17, 15) is 28.4 Å². The average Bonchev–Trinajstić information content (AvgIpc) is 3.20. The standard InChI is InChI=1S/C29H34F2N6O3/c1-27(2,3)23(35-24(38)15-10-29(30,31)11-15)26(40)37-14-18-21(28(18,4)5)22(37)25(39)34-20(12-32)17-13-33-36-19-9-7-6-8-16(17)19/h6-9,13,15,18,20-23H,10-11,14H2,1-5H3,(H,34,39)(H,35,38)/t18-,20?,21-,22-,23+/m0/s1. The Labute approximate surface area is 231 Å². The van der Waals surface area contributed by atoms with Crippen LogP contribution >= 0.6 is 0 Å². The smallest absolute Gasteiger partial charge is 0.249 e. The van der Waals surface area contributed by atoms with E-state index in [4.69, 9.17) is 0 Å². The van der Waals surface area contributed by atoms with Gasteiger partial charge in [0, 0.05) is 36.3 Å². The fourth-order valence-corrected chi connectivity index (χ4v) is 6.40. The molecule has 0 radical (unpaired) electrons. The number of carbonyl (C=O) groups is 3. The summed E-state index contributed by atoms with van der Waals surface area (Å²) in [6, 6.07) is 6.44. The highest BCUT2D eigenvalue weighted by molar-refractivity contribution is 5.95. The number of hydrogen-bond donors (Lipinski definition) is 2. The lowest BCUT2D eigenvalue weighted by Crippen LogP contribution is -2.60. The zero-order chi connectivity index (χ0) is 29.2.